The number of nitrogens with zero attached hydrogens (tertiary/aromatic N) is 6. The van der Waals surface area contributed by atoms with Crippen molar-refractivity contribution < 1.29 is 27.4 Å². The highest BCUT2D eigenvalue weighted by Crippen LogP contribution is 2.21. The summed E-state index contributed by atoms with van der Waals surface area (Å²) in [4.78, 5) is 18.1. The van der Waals surface area contributed by atoms with Crippen LogP contribution < -0.4 is 5.32 Å². The number of hydrogen-bond acceptors (Lipinski definition) is 8. The van der Waals surface area contributed by atoms with E-state index < -0.39 is 9.84 Å². The van der Waals surface area contributed by atoms with Gasteiger partial charge in [-0.3, -0.25) is 4.79 Å². The molecule has 1 aromatic rings. The molecule has 0 aliphatic carbocycles. The van der Waals surface area contributed by atoms with Crippen molar-refractivity contribution in [3.63, 3.8) is 0 Å². The molecule has 0 aliphatic rings. The molecule has 0 saturated heterocycles. The van der Waals surface area contributed by atoms with E-state index in [4.69, 9.17) is 25.3 Å². The Balaban J connectivity index is 2.31. The molecule has 0 heterocycles. The third kappa shape index (κ3) is 17.3. The molecule has 14 heteroatoms. The first-order valence-electron chi connectivity index (χ1n) is 12.3. The molecule has 0 bridgehead atoms. The predicted octanol–water partition coefficient (Wildman–Crippen LogP) is 3.81. The molecule has 1 amide bonds. The molecule has 0 fully saturated rings. The van der Waals surface area contributed by atoms with Crippen LogP contribution in [0.2, 0.25) is 0 Å². The Hall–Kier alpha value is -2.86. The Bertz CT molecular complexity index is 952. The summed E-state index contributed by atoms with van der Waals surface area (Å²) >= 11 is 0. The molecule has 0 saturated carbocycles. The summed E-state index contributed by atoms with van der Waals surface area (Å²) < 4.78 is 41.7. The molecule has 1 unspecified atom stereocenters. The number of nitrogens with one attached hydrogen (secondary N) is 1. The van der Waals surface area contributed by atoms with Crippen LogP contribution in [0.5, 0.6) is 0 Å². The van der Waals surface area contributed by atoms with E-state index in [-0.39, 0.29) is 35.4 Å². The fraction of sp³-hybridized carbons (Fsp3) is 0.696. The maximum atomic E-state index is 12.8. The predicted molar refractivity (Wildman–Crippen MR) is 139 cm³/mol. The molecule has 1 rings (SSSR count). The number of ether oxygens (including phenoxy) is 3. The number of rotatable bonds is 23. The summed E-state index contributed by atoms with van der Waals surface area (Å²) in [6, 6.07) is 8.24. The number of azide groups is 2. The van der Waals surface area contributed by atoms with E-state index in [9.17, 15) is 13.2 Å². The van der Waals surface area contributed by atoms with E-state index in [1.54, 1.807) is 30.3 Å². The average Bonchev–Trinajstić information content (AvgIpc) is 2.89. The Morgan fingerprint density at radius 3 is 2.16 bits per heavy atom. The van der Waals surface area contributed by atoms with Gasteiger partial charge in [-0.2, -0.15) is 0 Å². The van der Waals surface area contributed by atoms with Crippen LogP contribution in [-0.2, 0) is 28.8 Å². The van der Waals surface area contributed by atoms with E-state index in [0.717, 1.165) is 19.3 Å². The minimum atomic E-state index is -3.52. The molecular weight excluding hydrogens is 502 g/mol. The molecule has 206 valence electrons. The summed E-state index contributed by atoms with van der Waals surface area (Å²) in [7, 11) is -3.52. The summed E-state index contributed by atoms with van der Waals surface area (Å²) in [6.45, 7) is 3.20. The van der Waals surface area contributed by atoms with Gasteiger partial charge in [-0.25, -0.2) is 8.42 Å². The lowest BCUT2D eigenvalue weighted by atomic mass is 9.99. The van der Waals surface area contributed by atoms with Gasteiger partial charge in [0.25, 0.3) is 0 Å². The summed E-state index contributed by atoms with van der Waals surface area (Å²) in [5.41, 5.74) is 16.5. The molecule has 13 nitrogen and oxygen atoms in total. The zero-order valence-electron chi connectivity index (χ0n) is 21.1. The van der Waals surface area contributed by atoms with E-state index >= 15 is 0 Å². The molecular formula is C23H37N7O6S. The monoisotopic (exact) mass is 539 g/mol. The van der Waals surface area contributed by atoms with Crippen molar-refractivity contribution in [3.05, 3.63) is 51.2 Å². The molecule has 37 heavy (non-hydrogen) atoms. The van der Waals surface area contributed by atoms with E-state index in [1.165, 1.54) is 0 Å². The van der Waals surface area contributed by atoms with E-state index in [1.807, 2.05) is 0 Å². The van der Waals surface area contributed by atoms with Crippen molar-refractivity contribution in [1.29, 1.82) is 0 Å². The number of amides is 1. The first-order valence-corrected chi connectivity index (χ1v) is 13.9. The van der Waals surface area contributed by atoms with Gasteiger partial charge in [-0.15, -0.1) is 0 Å². The van der Waals surface area contributed by atoms with Crippen LogP contribution in [0.1, 0.15) is 32.1 Å². The fourth-order valence-corrected chi connectivity index (χ4v) is 5.07. The van der Waals surface area contributed by atoms with Gasteiger partial charge in [0, 0.05) is 35.9 Å². The van der Waals surface area contributed by atoms with Crippen molar-refractivity contribution in [1.82, 2.24) is 5.32 Å². The molecule has 1 atom stereocenters. The molecule has 1 aromatic carbocycles. The lowest BCUT2D eigenvalue weighted by Crippen LogP contribution is -2.31. The highest BCUT2D eigenvalue weighted by Gasteiger charge is 2.23. The largest absolute Gasteiger partial charge is 0.379 e. The summed E-state index contributed by atoms with van der Waals surface area (Å²) in [5.74, 6) is -0.655. The molecule has 0 spiro atoms. The van der Waals surface area contributed by atoms with Gasteiger partial charge in [0.2, 0.25) is 5.91 Å². The Kier molecular flexibility index (Phi) is 18.5. The Morgan fingerprint density at radius 1 is 0.865 bits per heavy atom. The van der Waals surface area contributed by atoms with Crippen molar-refractivity contribution in [2.24, 2.45) is 16.1 Å². The molecule has 0 radical (unpaired) electrons. The number of unbranched alkanes of at least 4 members (excludes halogenated alkanes) is 2. The van der Waals surface area contributed by atoms with Gasteiger partial charge < -0.3 is 19.5 Å². The fourth-order valence-electron chi connectivity index (χ4n) is 3.40. The van der Waals surface area contributed by atoms with Gasteiger partial charge >= 0.3 is 0 Å². The van der Waals surface area contributed by atoms with Crippen LogP contribution in [-0.4, -0.2) is 79.4 Å². The van der Waals surface area contributed by atoms with Crippen molar-refractivity contribution >= 4 is 15.7 Å². The van der Waals surface area contributed by atoms with E-state index in [2.05, 4.69) is 25.4 Å². The zero-order valence-corrected chi connectivity index (χ0v) is 21.9. The number of hydrogen-bond donors (Lipinski definition) is 1. The highest BCUT2D eigenvalue weighted by molar-refractivity contribution is 7.91. The van der Waals surface area contributed by atoms with Gasteiger partial charge in [-0.1, -0.05) is 41.3 Å². The molecule has 1 N–H and O–H groups in total. The van der Waals surface area contributed by atoms with Crippen LogP contribution in [0.15, 0.2) is 45.5 Å². The van der Waals surface area contributed by atoms with Crippen LogP contribution in [0.25, 0.3) is 20.9 Å². The number of benzene rings is 1. The summed E-state index contributed by atoms with van der Waals surface area (Å²) in [6.07, 6.45) is 2.94. The summed E-state index contributed by atoms with van der Waals surface area (Å²) in [5, 5.41) is 9.64. The normalized spacial score (nSPS) is 11.8. The quantitative estimate of drug-likeness (QED) is 0.0951. The first kappa shape index (κ1) is 32.2. The van der Waals surface area contributed by atoms with Crippen LogP contribution in [0.4, 0.5) is 0 Å². The SMILES string of the molecule is [N-]=[N+]=NCCCCCC(CC(=O)NCCOCCOCCOCCN=[N+]=[N-])CS(=O)(=O)c1ccccc1. The second-order valence-corrected chi connectivity index (χ2v) is 10.1. The van der Waals surface area contributed by atoms with Crippen molar-refractivity contribution in [2.45, 2.75) is 37.0 Å². The smallest absolute Gasteiger partial charge is 0.220 e. The maximum Gasteiger partial charge on any atom is 0.220 e. The lowest BCUT2D eigenvalue weighted by molar-refractivity contribution is -0.122. The maximum absolute atomic E-state index is 12.8. The number of sulfone groups is 1. The molecule has 0 aromatic heterocycles. The van der Waals surface area contributed by atoms with Gasteiger partial charge in [0.15, 0.2) is 9.84 Å². The van der Waals surface area contributed by atoms with Gasteiger partial charge in [0.05, 0.1) is 50.3 Å². The van der Waals surface area contributed by atoms with Gasteiger partial charge in [-0.05, 0) is 42.0 Å². The van der Waals surface area contributed by atoms with Crippen molar-refractivity contribution in [2.75, 3.05) is 65.0 Å². The van der Waals surface area contributed by atoms with Gasteiger partial charge in [0.1, 0.15) is 0 Å². The van der Waals surface area contributed by atoms with E-state index in [0.29, 0.717) is 59.2 Å². The van der Waals surface area contributed by atoms with Crippen LogP contribution >= 0.6 is 0 Å². The number of carbonyl (C=O) groups is 1. The third-order valence-electron chi connectivity index (χ3n) is 5.18. The third-order valence-corrected chi connectivity index (χ3v) is 7.08. The molecule has 0 aliphatic heterocycles. The van der Waals surface area contributed by atoms with Crippen LogP contribution in [0.3, 0.4) is 0 Å². The average molecular weight is 540 g/mol. The zero-order chi connectivity index (χ0) is 27.0. The first-order chi connectivity index (χ1) is 18.0. The second kappa shape index (κ2) is 21.2. The van der Waals surface area contributed by atoms with Crippen LogP contribution in [0, 0.1) is 5.92 Å². The minimum absolute atomic E-state index is 0.102. The Labute approximate surface area is 218 Å². The lowest BCUT2D eigenvalue weighted by Gasteiger charge is -2.17. The van der Waals surface area contributed by atoms with Crippen molar-refractivity contribution in [3.8, 4) is 0 Å². The second-order valence-electron chi connectivity index (χ2n) is 8.11. The number of carbonyl (C=O) groups excluding carboxylic acids is 1. The topological polar surface area (TPSA) is 188 Å². The Morgan fingerprint density at radius 2 is 1.49 bits per heavy atom. The minimum Gasteiger partial charge on any atom is -0.379 e. The highest BCUT2D eigenvalue weighted by atomic mass is 32.2. The standard InChI is InChI=1S/C23H37N7O6S/c24-29-27-10-6-2-3-7-21(20-37(32,33)22-8-4-1-5-9-22)19-23(31)26-11-13-34-15-17-36-18-16-35-14-12-28-30-25/h1,4-5,8-9,21H,2-3,6-7,10-20H2,(H,26,31).